The van der Waals surface area contributed by atoms with Crippen LogP contribution in [0, 0.1) is 11.8 Å². The average molecular weight is 339 g/mol. The number of nitrogens with two attached hydrogens (primary N) is 1. The Bertz CT molecular complexity index is 633. The molecule has 1 aliphatic rings. The zero-order chi connectivity index (χ0) is 17.0. The predicted molar refractivity (Wildman–Crippen MR) is 89.5 cm³/mol. The van der Waals surface area contributed by atoms with Crippen LogP contribution in [0.5, 0.6) is 0 Å². The zero-order valence-corrected chi connectivity index (χ0v) is 14.5. The van der Waals surface area contributed by atoms with E-state index in [1.807, 2.05) is 0 Å². The van der Waals surface area contributed by atoms with Gasteiger partial charge < -0.3 is 10.6 Å². The van der Waals surface area contributed by atoms with Crippen LogP contribution in [0.2, 0.25) is 0 Å². The smallest absolute Gasteiger partial charge is 0.248 e. The lowest BCUT2D eigenvalue weighted by atomic mass is 9.92. The minimum atomic E-state index is -3.56. The van der Waals surface area contributed by atoms with E-state index in [1.54, 1.807) is 0 Å². The van der Waals surface area contributed by atoms with Gasteiger partial charge in [0.25, 0.3) is 0 Å². The molecule has 0 radical (unpaired) electrons. The van der Waals surface area contributed by atoms with E-state index in [0.29, 0.717) is 30.5 Å². The van der Waals surface area contributed by atoms with Gasteiger partial charge in [0, 0.05) is 31.7 Å². The maximum Gasteiger partial charge on any atom is 0.248 e. The summed E-state index contributed by atoms with van der Waals surface area (Å²) in [6, 6.07) is 5.64. The van der Waals surface area contributed by atoms with Crippen LogP contribution in [0.3, 0.4) is 0 Å². The van der Waals surface area contributed by atoms with E-state index in [4.69, 9.17) is 5.73 Å². The van der Waals surface area contributed by atoms with Crippen molar-refractivity contribution in [2.24, 2.45) is 17.6 Å². The number of hydrogen-bond donors (Lipinski definition) is 2. The van der Waals surface area contributed by atoms with Gasteiger partial charge in [-0.15, -0.1) is 0 Å². The van der Waals surface area contributed by atoms with Crippen molar-refractivity contribution in [3.8, 4) is 0 Å². The fraction of sp³-hybridized carbons (Fsp3) is 0.562. The van der Waals surface area contributed by atoms with Crippen LogP contribution in [0.25, 0.3) is 0 Å². The van der Waals surface area contributed by atoms with Gasteiger partial charge in [-0.3, -0.25) is 4.79 Å². The summed E-state index contributed by atoms with van der Waals surface area (Å²) in [5, 5.41) is 0. The Morgan fingerprint density at radius 3 is 2.30 bits per heavy atom. The first-order valence-electron chi connectivity index (χ1n) is 7.90. The van der Waals surface area contributed by atoms with Crippen molar-refractivity contribution in [2.45, 2.75) is 25.2 Å². The molecular weight excluding hydrogens is 314 g/mol. The van der Waals surface area contributed by atoms with Crippen LogP contribution >= 0.6 is 0 Å². The Balaban J connectivity index is 1.90. The van der Waals surface area contributed by atoms with Crippen molar-refractivity contribution in [3.63, 3.8) is 0 Å². The summed E-state index contributed by atoms with van der Waals surface area (Å²) >= 11 is 0. The fourth-order valence-corrected chi connectivity index (χ4v) is 4.22. The van der Waals surface area contributed by atoms with Gasteiger partial charge in [0.1, 0.15) is 0 Å². The second kappa shape index (κ2) is 7.42. The summed E-state index contributed by atoms with van der Waals surface area (Å²) in [4.78, 5) is 13.5. The molecule has 3 N–H and O–H groups in total. The monoisotopic (exact) mass is 339 g/mol. The number of nitrogens with zero attached hydrogens (tertiary/aromatic N) is 1. The molecule has 1 aromatic carbocycles. The van der Waals surface area contributed by atoms with Crippen LogP contribution in [0.4, 0.5) is 0 Å². The van der Waals surface area contributed by atoms with Crippen LogP contribution in [0.1, 0.15) is 30.6 Å². The first-order valence-corrected chi connectivity index (χ1v) is 9.38. The van der Waals surface area contributed by atoms with Crippen molar-refractivity contribution in [1.29, 1.82) is 0 Å². The number of nitrogens with one attached hydrogen (secondary N) is 1. The molecule has 1 amide bonds. The summed E-state index contributed by atoms with van der Waals surface area (Å²) in [6.45, 7) is 7.56. The van der Waals surface area contributed by atoms with Gasteiger partial charge in [-0.25, -0.2) is 13.1 Å². The summed E-state index contributed by atoms with van der Waals surface area (Å²) < 4.78 is 27.1. The normalized spacial score (nSPS) is 22.9. The highest BCUT2D eigenvalue weighted by molar-refractivity contribution is 7.89. The van der Waals surface area contributed by atoms with Crippen LogP contribution in [-0.4, -0.2) is 45.4 Å². The van der Waals surface area contributed by atoms with Gasteiger partial charge in [0.15, 0.2) is 0 Å². The van der Waals surface area contributed by atoms with Crippen LogP contribution < -0.4 is 10.5 Å². The van der Waals surface area contributed by atoms with E-state index < -0.39 is 15.9 Å². The highest BCUT2D eigenvalue weighted by Gasteiger charge is 2.22. The Kier molecular flexibility index (Phi) is 5.78. The number of benzene rings is 1. The quantitative estimate of drug-likeness (QED) is 0.810. The number of carbonyl (C=O) groups is 1. The van der Waals surface area contributed by atoms with Crippen LogP contribution in [0.15, 0.2) is 29.2 Å². The van der Waals surface area contributed by atoms with E-state index >= 15 is 0 Å². The molecule has 0 spiro atoms. The Hall–Kier alpha value is -1.44. The number of amides is 1. The summed E-state index contributed by atoms with van der Waals surface area (Å²) in [7, 11) is -3.56. The van der Waals surface area contributed by atoms with Crippen molar-refractivity contribution in [2.75, 3.05) is 26.2 Å². The molecule has 1 heterocycles. The lowest BCUT2D eigenvalue weighted by molar-refractivity contribution is 0.1000. The number of sulfonamides is 1. The van der Waals surface area contributed by atoms with E-state index in [1.165, 1.54) is 30.7 Å². The van der Waals surface area contributed by atoms with Gasteiger partial charge in [-0.1, -0.05) is 13.8 Å². The molecule has 1 fully saturated rings. The topological polar surface area (TPSA) is 92.5 Å². The Morgan fingerprint density at radius 1 is 1.22 bits per heavy atom. The minimum absolute atomic E-state index is 0.142. The molecule has 1 aromatic rings. The average Bonchev–Trinajstić information content (AvgIpc) is 2.46. The third-order valence-corrected chi connectivity index (χ3v) is 5.59. The molecule has 2 atom stereocenters. The van der Waals surface area contributed by atoms with Crippen molar-refractivity contribution < 1.29 is 13.2 Å². The largest absolute Gasteiger partial charge is 0.366 e. The predicted octanol–water partition coefficient (Wildman–Crippen LogP) is 1.04. The number of rotatable bonds is 6. The molecule has 128 valence electrons. The van der Waals surface area contributed by atoms with Crippen molar-refractivity contribution >= 4 is 15.9 Å². The fourth-order valence-electron chi connectivity index (χ4n) is 3.19. The van der Waals surface area contributed by atoms with Gasteiger partial charge in [-0.2, -0.15) is 0 Å². The summed E-state index contributed by atoms with van der Waals surface area (Å²) in [6.07, 6.45) is 1.23. The summed E-state index contributed by atoms with van der Waals surface area (Å²) in [5.41, 5.74) is 5.44. The Morgan fingerprint density at radius 2 is 1.78 bits per heavy atom. The van der Waals surface area contributed by atoms with Crippen molar-refractivity contribution in [3.05, 3.63) is 29.8 Å². The molecule has 7 heteroatoms. The highest BCUT2D eigenvalue weighted by Crippen LogP contribution is 2.20. The lowest BCUT2D eigenvalue weighted by Crippen LogP contribution is -2.42. The van der Waals surface area contributed by atoms with Gasteiger partial charge in [-0.05, 0) is 42.5 Å². The number of likely N-dealkylation sites (tertiary alicyclic amines) is 1. The van der Waals surface area contributed by atoms with E-state index in [2.05, 4.69) is 23.5 Å². The first-order chi connectivity index (χ1) is 10.8. The molecule has 23 heavy (non-hydrogen) atoms. The van der Waals surface area contributed by atoms with Gasteiger partial charge in [0.05, 0.1) is 4.90 Å². The molecule has 0 saturated carbocycles. The van der Waals surface area contributed by atoms with E-state index in [-0.39, 0.29) is 4.90 Å². The van der Waals surface area contributed by atoms with Gasteiger partial charge >= 0.3 is 0 Å². The molecule has 0 bridgehead atoms. The second-order valence-electron chi connectivity index (χ2n) is 6.49. The molecular formula is C16H25N3O3S. The maximum absolute atomic E-state index is 12.2. The standard InChI is InChI=1S/C16H25N3O3S/c1-12-9-13(2)11-19(10-12)8-7-18-23(21,22)15-5-3-14(4-6-15)16(17)20/h3-6,12-13,18H,7-11H2,1-2H3,(H2,17,20)/t12-,13+. The molecule has 1 saturated heterocycles. The maximum atomic E-state index is 12.2. The molecule has 0 aromatic heterocycles. The number of hydrogen-bond acceptors (Lipinski definition) is 4. The van der Waals surface area contributed by atoms with Gasteiger partial charge in [0.2, 0.25) is 15.9 Å². The van der Waals surface area contributed by atoms with E-state index in [0.717, 1.165) is 13.1 Å². The van der Waals surface area contributed by atoms with Crippen molar-refractivity contribution in [1.82, 2.24) is 9.62 Å². The minimum Gasteiger partial charge on any atom is -0.366 e. The third kappa shape index (κ3) is 5.02. The molecule has 1 aliphatic heterocycles. The number of primary amides is 1. The Labute approximate surface area is 138 Å². The molecule has 2 rings (SSSR count). The lowest BCUT2D eigenvalue weighted by Gasteiger charge is -2.34. The molecule has 0 unspecified atom stereocenters. The third-order valence-electron chi connectivity index (χ3n) is 4.11. The number of piperidine rings is 1. The first kappa shape index (κ1) is 17.9. The van der Waals surface area contributed by atoms with E-state index in [9.17, 15) is 13.2 Å². The number of carbonyl (C=O) groups excluding carboxylic acids is 1. The molecule has 0 aliphatic carbocycles. The SMILES string of the molecule is C[C@@H]1C[C@H](C)CN(CCNS(=O)(=O)c2ccc(C(N)=O)cc2)C1. The second-order valence-corrected chi connectivity index (χ2v) is 8.26. The van der Waals surface area contributed by atoms with Crippen LogP contribution in [-0.2, 0) is 10.0 Å². The highest BCUT2D eigenvalue weighted by atomic mass is 32.2. The summed E-state index contributed by atoms with van der Waals surface area (Å²) in [5.74, 6) is 0.726. The zero-order valence-electron chi connectivity index (χ0n) is 13.7. The molecule has 6 nitrogen and oxygen atoms in total.